The highest BCUT2D eigenvalue weighted by molar-refractivity contribution is 6.31. The number of carbonyl (C=O) groups is 1. The molecule has 1 atom stereocenters. The van der Waals surface area contributed by atoms with Crippen molar-refractivity contribution in [2.75, 3.05) is 0 Å². The minimum atomic E-state index is -0.788. The fourth-order valence-corrected chi connectivity index (χ4v) is 2.99. The van der Waals surface area contributed by atoms with Crippen LogP contribution in [0, 0.1) is 0 Å². The zero-order valence-electron chi connectivity index (χ0n) is 10.9. The normalized spacial score (nSPS) is 17.8. The van der Waals surface area contributed by atoms with Crippen LogP contribution < -0.4 is 0 Å². The molecular formula is C15H15ClN2O2. The Morgan fingerprint density at radius 3 is 3.00 bits per heavy atom. The Morgan fingerprint density at radius 2 is 2.25 bits per heavy atom. The molecule has 104 valence electrons. The van der Waals surface area contributed by atoms with Crippen LogP contribution in [0.2, 0.25) is 5.02 Å². The van der Waals surface area contributed by atoms with Gasteiger partial charge in [0.05, 0.1) is 0 Å². The summed E-state index contributed by atoms with van der Waals surface area (Å²) < 4.78 is 1.87. The number of imidazole rings is 1. The molecule has 1 unspecified atom stereocenters. The number of fused-ring (bicyclic) bond motifs is 1. The third-order valence-corrected chi connectivity index (χ3v) is 4.13. The van der Waals surface area contributed by atoms with Crippen LogP contribution in [-0.2, 0) is 17.6 Å². The van der Waals surface area contributed by atoms with Gasteiger partial charge >= 0.3 is 5.97 Å². The smallest absolute Gasteiger partial charge is 0.326 e. The summed E-state index contributed by atoms with van der Waals surface area (Å²) in [6.45, 7) is 0. The summed E-state index contributed by atoms with van der Waals surface area (Å²) in [6.07, 6.45) is 4.80. The van der Waals surface area contributed by atoms with E-state index in [1.807, 2.05) is 28.8 Å². The number of hydrogen-bond acceptors (Lipinski definition) is 2. The van der Waals surface area contributed by atoms with Gasteiger partial charge < -0.3 is 9.67 Å². The lowest BCUT2D eigenvalue weighted by Gasteiger charge is -2.24. The Kier molecular flexibility index (Phi) is 3.49. The van der Waals surface area contributed by atoms with Crippen molar-refractivity contribution < 1.29 is 9.90 Å². The van der Waals surface area contributed by atoms with Crippen LogP contribution in [-0.4, -0.2) is 20.6 Å². The second-order valence-electron chi connectivity index (χ2n) is 5.05. The zero-order chi connectivity index (χ0) is 14.1. The Balaban J connectivity index is 1.98. The Bertz CT molecular complexity index is 651. The van der Waals surface area contributed by atoms with Gasteiger partial charge in [-0.05, 0) is 30.9 Å². The number of carboxylic acids is 1. The molecule has 1 aliphatic rings. The third kappa shape index (κ3) is 2.31. The summed E-state index contributed by atoms with van der Waals surface area (Å²) in [4.78, 5) is 15.8. The Morgan fingerprint density at radius 1 is 1.45 bits per heavy atom. The molecule has 0 fully saturated rings. The van der Waals surface area contributed by atoms with Crippen LogP contribution in [0.4, 0.5) is 0 Å². The minimum Gasteiger partial charge on any atom is -0.480 e. The van der Waals surface area contributed by atoms with Gasteiger partial charge in [-0.15, -0.1) is 0 Å². The van der Waals surface area contributed by atoms with Crippen LogP contribution >= 0.6 is 11.6 Å². The van der Waals surface area contributed by atoms with E-state index in [1.165, 1.54) is 0 Å². The van der Waals surface area contributed by atoms with Gasteiger partial charge in [0.1, 0.15) is 11.9 Å². The number of carboxylic acid groups (broad SMARTS) is 1. The van der Waals surface area contributed by atoms with Gasteiger partial charge in [-0.1, -0.05) is 29.8 Å². The highest BCUT2D eigenvalue weighted by atomic mass is 35.5. The maximum atomic E-state index is 11.4. The molecule has 5 heteroatoms. The first-order chi connectivity index (χ1) is 9.66. The van der Waals surface area contributed by atoms with Gasteiger partial charge in [-0.25, -0.2) is 9.78 Å². The van der Waals surface area contributed by atoms with Crippen molar-refractivity contribution in [1.29, 1.82) is 0 Å². The monoisotopic (exact) mass is 290 g/mol. The molecule has 2 heterocycles. The molecule has 1 aliphatic heterocycles. The van der Waals surface area contributed by atoms with Crippen LogP contribution in [0.15, 0.2) is 30.5 Å². The van der Waals surface area contributed by atoms with Gasteiger partial charge in [0.2, 0.25) is 0 Å². The van der Waals surface area contributed by atoms with E-state index >= 15 is 0 Å². The van der Waals surface area contributed by atoms with Crippen molar-refractivity contribution in [3.8, 4) is 0 Å². The molecular weight excluding hydrogens is 276 g/mol. The van der Waals surface area contributed by atoms with Crippen molar-refractivity contribution in [2.45, 2.75) is 31.7 Å². The minimum absolute atomic E-state index is 0.501. The van der Waals surface area contributed by atoms with Crippen molar-refractivity contribution >= 4 is 17.6 Å². The zero-order valence-corrected chi connectivity index (χ0v) is 11.7. The lowest BCUT2D eigenvalue weighted by molar-refractivity contribution is -0.141. The lowest BCUT2D eigenvalue weighted by atomic mass is 10.0. The van der Waals surface area contributed by atoms with E-state index in [0.29, 0.717) is 17.9 Å². The summed E-state index contributed by atoms with van der Waals surface area (Å²) in [6, 6.07) is 7.09. The molecule has 3 rings (SSSR count). The molecule has 0 amide bonds. The largest absolute Gasteiger partial charge is 0.480 e. The number of hydrogen-bond donors (Lipinski definition) is 1. The van der Waals surface area contributed by atoms with Crippen molar-refractivity contribution in [1.82, 2.24) is 9.55 Å². The molecule has 1 N–H and O–H groups in total. The van der Waals surface area contributed by atoms with Crippen LogP contribution in [0.5, 0.6) is 0 Å². The lowest BCUT2D eigenvalue weighted by Crippen LogP contribution is -2.26. The molecule has 1 aromatic heterocycles. The first-order valence-electron chi connectivity index (χ1n) is 6.68. The quantitative estimate of drug-likeness (QED) is 0.945. The number of aliphatic carboxylic acids is 1. The molecule has 4 nitrogen and oxygen atoms in total. The number of halogens is 1. The fourth-order valence-electron chi connectivity index (χ4n) is 2.79. The summed E-state index contributed by atoms with van der Waals surface area (Å²) in [5, 5.41) is 10.1. The molecule has 0 spiro atoms. The highest BCUT2D eigenvalue weighted by Crippen LogP contribution is 2.28. The molecule has 0 saturated carbocycles. The van der Waals surface area contributed by atoms with Gasteiger partial charge in [-0.3, -0.25) is 0 Å². The summed E-state index contributed by atoms with van der Waals surface area (Å²) in [5.74, 6) is -0.00967. The van der Waals surface area contributed by atoms with Crippen LogP contribution in [0.25, 0.3) is 0 Å². The van der Waals surface area contributed by atoms with Crippen LogP contribution in [0.3, 0.4) is 0 Å². The van der Waals surface area contributed by atoms with Gasteiger partial charge in [-0.2, -0.15) is 0 Å². The van der Waals surface area contributed by atoms with E-state index in [0.717, 1.165) is 29.9 Å². The fraction of sp³-hybridized carbons (Fsp3) is 0.333. The van der Waals surface area contributed by atoms with Crippen molar-refractivity contribution in [3.63, 3.8) is 0 Å². The molecule has 0 radical (unpaired) electrons. The van der Waals surface area contributed by atoms with Crippen LogP contribution in [0.1, 0.15) is 36.0 Å². The van der Waals surface area contributed by atoms with E-state index in [1.54, 1.807) is 6.20 Å². The number of benzene rings is 1. The SMILES string of the molecule is O=C(O)C1CCCc2cnc(Cc3ccccc3Cl)n21. The molecule has 2 aromatic rings. The molecule has 20 heavy (non-hydrogen) atoms. The molecule has 0 aliphatic carbocycles. The van der Waals surface area contributed by atoms with E-state index in [4.69, 9.17) is 11.6 Å². The first-order valence-corrected chi connectivity index (χ1v) is 7.06. The maximum absolute atomic E-state index is 11.4. The second kappa shape index (κ2) is 5.29. The van der Waals surface area contributed by atoms with Gasteiger partial charge in [0, 0.05) is 23.3 Å². The molecule has 0 bridgehead atoms. The Hall–Kier alpha value is -1.81. The first kappa shape index (κ1) is 13.2. The summed E-state index contributed by atoms with van der Waals surface area (Å²) in [5.41, 5.74) is 1.97. The highest BCUT2D eigenvalue weighted by Gasteiger charge is 2.28. The molecule has 1 aromatic carbocycles. The average Bonchev–Trinajstić information content (AvgIpc) is 2.84. The van der Waals surface area contributed by atoms with Gasteiger partial charge in [0.25, 0.3) is 0 Å². The second-order valence-corrected chi connectivity index (χ2v) is 5.46. The number of aromatic nitrogens is 2. The standard InChI is InChI=1S/C15H15ClN2O2/c16-12-6-2-1-4-10(12)8-14-17-9-11-5-3-7-13(15(19)20)18(11)14/h1-2,4,6,9,13H,3,5,7-8H2,(H,19,20). The van der Waals surface area contributed by atoms with E-state index < -0.39 is 12.0 Å². The van der Waals surface area contributed by atoms with E-state index in [9.17, 15) is 9.90 Å². The number of aryl methyl sites for hydroxylation is 1. The topological polar surface area (TPSA) is 55.1 Å². The molecule has 0 saturated heterocycles. The average molecular weight is 291 g/mol. The van der Waals surface area contributed by atoms with Crippen molar-refractivity contribution in [2.24, 2.45) is 0 Å². The van der Waals surface area contributed by atoms with Crippen molar-refractivity contribution in [3.05, 3.63) is 52.6 Å². The summed E-state index contributed by atoms with van der Waals surface area (Å²) >= 11 is 6.17. The third-order valence-electron chi connectivity index (χ3n) is 3.76. The number of nitrogens with zero attached hydrogens (tertiary/aromatic N) is 2. The van der Waals surface area contributed by atoms with E-state index in [2.05, 4.69) is 4.98 Å². The predicted octanol–water partition coefficient (Wildman–Crippen LogP) is 3.09. The predicted molar refractivity (Wildman–Crippen MR) is 76.1 cm³/mol. The van der Waals surface area contributed by atoms with E-state index in [-0.39, 0.29) is 0 Å². The van der Waals surface area contributed by atoms with Gasteiger partial charge in [0.15, 0.2) is 0 Å². The Labute approximate surface area is 122 Å². The maximum Gasteiger partial charge on any atom is 0.326 e. The number of rotatable bonds is 3. The summed E-state index contributed by atoms with van der Waals surface area (Å²) in [7, 11) is 0.